The van der Waals surface area contributed by atoms with Crippen LogP contribution in [0.3, 0.4) is 0 Å². The molecule has 200 valence electrons. The highest BCUT2D eigenvalue weighted by molar-refractivity contribution is 5.91. The molecule has 5 heteroatoms. The molecular weight excluding hydrogens is 452 g/mol. The highest BCUT2D eigenvalue weighted by Crippen LogP contribution is 2.65. The van der Waals surface area contributed by atoms with Crippen molar-refractivity contribution in [2.75, 3.05) is 6.61 Å². The van der Waals surface area contributed by atoms with E-state index in [-0.39, 0.29) is 40.7 Å². The molecule has 4 saturated carbocycles. The number of ketones is 1. The van der Waals surface area contributed by atoms with E-state index in [0.717, 1.165) is 70.6 Å². The maximum absolute atomic E-state index is 13.2. The van der Waals surface area contributed by atoms with Gasteiger partial charge < -0.3 is 9.47 Å². The van der Waals surface area contributed by atoms with Crippen LogP contribution in [0, 0.1) is 40.4 Å². The quantitative estimate of drug-likeness (QED) is 0.306. The molecule has 0 amide bonds. The van der Waals surface area contributed by atoms with Crippen LogP contribution in [0.5, 0.6) is 0 Å². The van der Waals surface area contributed by atoms with E-state index in [0.29, 0.717) is 36.6 Å². The van der Waals surface area contributed by atoms with E-state index in [4.69, 9.17) is 9.47 Å². The van der Waals surface area contributed by atoms with Gasteiger partial charge in [-0.05, 0) is 106 Å². The molecule has 5 nitrogen and oxygen atoms in total. The van der Waals surface area contributed by atoms with Crippen LogP contribution in [0.2, 0.25) is 0 Å². The first-order valence-electron chi connectivity index (χ1n) is 14.9. The molecule has 0 radical (unpaired) electrons. The summed E-state index contributed by atoms with van der Waals surface area (Å²) in [4.78, 5) is 37.6. The molecule has 0 saturated heterocycles. The smallest absolute Gasteiger partial charge is 0.309 e. The minimum atomic E-state index is -0.0836. The van der Waals surface area contributed by atoms with E-state index >= 15 is 0 Å². The van der Waals surface area contributed by atoms with Crippen LogP contribution in [-0.2, 0) is 23.9 Å². The Labute approximate surface area is 217 Å². The maximum Gasteiger partial charge on any atom is 0.309 e. The van der Waals surface area contributed by atoms with Crippen molar-refractivity contribution in [1.82, 2.24) is 0 Å². The number of esters is 2. The van der Waals surface area contributed by atoms with Crippen LogP contribution in [0.1, 0.15) is 111 Å². The van der Waals surface area contributed by atoms with Crippen molar-refractivity contribution < 1.29 is 23.9 Å². The zero-order valence-electron chi connectivity index (χ0n) is 22.7. The van der Waals surface area contributed by atoms with Gasteiger partial charge in [-0.3, -0.25) is 14.4 Å². The van der Waals surface area contributed by atoms with Gasteiger partial charge in [0.2, 0.25) is 0 Å². The summed E-state index contributed by atoms with van der Waals surface area (Å²) in [5.41, 5.74) is 1.66. The number of rotatable bonds is 6. The van der Waals surface area contributed by atoms with Gasteiger partial charge in [-0.15, -0.1) is 0 Å². The number of fused-ring (bicyclic) bond motifs is 5. The van der Waals surface area contributed by atoms with Crippen LogP contribution >= 0.6 is 0 Å². The molecule has 6 atom stereocenters. The molecule has 0 aromatic rings. The number of carbonyl (C=O) groups is 3. The van der Waals surface area contributed by atoms with E-state index in [9.17, 15) is 14.4 Å². The minimum absolute atomic E-state index is 0.0189. The molecule has 0 spiro atoms. The monoisotopic (exact) mass is 498 g/mol. The van der Waals surface area contributed by atoms with Crippen molar-refractivity contribution in [1.29, 1.82) is 0 Å². The SMILES string of the molecule is CCCCOC(=O)C1CCC(C(=O)O[C@H]2CC[C@H]3[C@@H]4CCC5=CC(=O)CC[C@]5(C)[C@H]4CC[C@]23C)CC1. The largest absolute Gasteiger partial charge is 0.465 e. The fourth-order valence-electron chi connectivity index (χ4n) is 8.94. The molecule has 5 rings (SSSR count). The summed E-state index contributed by atoms with van der Waals surface area (Å²) >= 11 is 0. The Balaban J connectivity index is 1.18. The van der Waals surface area contributed by atoms with E-state index in [2.05, 4.69) is 20.8 Å². The standard InChI is InChI=1S/C31H46O5/c1-4-5-18-35-28(33)20-6-8-21(9-7-20)29(34)36-27-13-12-25-24-11-10-22-19-23(32)14-16-30(22,2)26(24)15-17-31(25,27)3/h19-21,24-27H,4-18H2,1-3H3/t20?,21?,24-,25-,26-,27-,30-,31-/m0/s1. The summed E-state index contributed by atoms with van der Waals surface area (Å²) in [7, 11) is 0. The van der Waals surface area contributed by atoms with Gasteiger partial charge in [0.05, 0.1) is 18.4 Å². The second-order valence-electron chi connectivity index (χ2n) is 13.1. The lowest BCUT2D eigenvalue weighted by atomic mass is 9.47. The van der Waals surface area contributed by atoms with Crippen molar-refractivity contribution in [3.63, 3.8) is 0 Å². The molecule has 0 unspecified atom stereocenters. The van der Waals surface area contributed by atoms with Crippen LogP contribution in [0.15, 0.2) is 11.6 Å². The Bertz CT molecular complexity index is 899. The number of hydrogen-bond acceptors (Lipinski definition) is 5. The third-order valence-corrected chi connectivity index (χ3v) is 11.3. The zero-order valence-corrected chi connectivity index (χ0v) is 22.7. The van der Waals surface area contributed by atoms with Crippen LogP contribution < -0.4 is 0 Å². The van der Waals surface area contributed by atoms with E-state index in [1.807, 2.05) is 6.08 Å². The molecule has 0 bridgehead atoms. The molecule has 5 aliphatic rings. The molecular formula is C31H46O5. The summed E-state index contributed by atoms with van der Waals surface area (Å²) < 4.78 is 11.7. The predicted molar refractivity (Wildman–Crippen MR) is 138 cm³/mol. The number of carbonyl (C=O) groups excluding carboxylic acids is 3. The van der Waals surface area contributed by atoms with Crippen LogP contribution in [0.25, 0.3) is 0 Å². The topological polar surface area (TPSA) is 69.7 Å². The highest BCUT2D eigenvalue weighted by atomic mass is 16.5. The lowest BCUT2D eigenvalue weighted by Gasteiger charge is -2.57. The number of unbranched alkanes of at least 4 members (excludes halogenated alkanes) is 1. The number of hydrogen-bond donors (Lipinski definition) is 0. The first-order valence-corrected chi connectivity index (χ1v) is 14.9. The van der Waals surface area contributed by atoms with Gasteiger partial charge in [0.15, 0.2) is 5.78 Å². The molecule has 4 fully saturated rings. The third kappa shape index (κ3) is 4.58. The first-order chi connectivity index (χ1) is 17.3. The molecule has 0 heterocycles. The minimum Gasteiger partial charge on any atom is -0.465 e. The van der Waals surface area contributed by atoms with Crippen molar-refractivity contribution in [2.24, 2.45) is 40.4 Å². The Hall–Kier alpha value is -1.65. The summed E-state index contributed by atoms with van der Waals surface area (Å²) in [5.74, 6) is 2.01. The van der Waals surface area contributed by atoms with Crippen molar-refractivity contribution in [2.45, 2.75) is 117 Å². The summed E-state index contributed by atoms with van der Waals surface area (Å²) in [6.07, 6.45) is 15.2. The third-order valence-electron chi connectivity index (χ3n) is 11.3. The Morgan fingerprint density at radius 2 is 1.61 bits per heavy atom. The second-order valence-corrected chi connectivity index (χ2v) is 13.1. The predicted octanol–water partition coefficient (Wildman–Crippen LogP) is 6.58. The molecule has 0 N–H and O–H groups in total. The average Bonchev–Trinajstić information content (AvgIpc) is 3.20. The van der Waals surface area contributed by atoms with Crippen LogP contribution in [0.4, 0.5) is 0 Å². The maximum atomic E-state index is 13.2. The van der Waals surface area contributed by atoms with Crippen molar-refractivity contribution in [3.8, 4) is 0 Å². The van der Waals surface area contributed by atoms with Gasteiger partial charge in [-0.1, -0.05) is 32.8 Å². The number of allylic oxidation sites excluding steroid dienone is 1. The Morgan fingerprint density at radius 1 is 0.889 bits per heavy atom. The zero-order chi connectivity index (χ0) is 25.5. The summed E-state index contributed by atoms with van der Waals surface area (Å²) in [6.45, 7) is 7.41. The van der Waals surface area contributed by atoms with Crippen LogP contribution in [-0.4, -0.2) is 30.4 Å². The van der Waals surface area contributed by atoms with E-state index < -0.39 is 0 Å². The summed E-state index contributed by atoms with van der Waals surface area (Å²) in [5, 5.41) is 0. The van der Waals surface area contributed by atoms with Crippen molar-refractivity contribution in [3.05, 3.63) is 11.6 Å². The lowest BCUT2D eigenvalue weighted by Crippen LogP contribution is -2.51. The Kier molecular flexibility index (Phi) is 7.40. The number of ether oxygens (including phenoxy) is 2. The lowest BCUT2D eigenvalue weighted by molar-refractivity contribution is -0.167. The highest BCUT2D eigenvalue weighted by Gasteiger charge is 2.60. The molecule has 0 aliphatic heterocycles. The van der Waals surface area contributed by atoms with Gasteiger partial charge in [-0.2, -0.15) is 0 Å². The fraction of sp³-hybridized carbons (Fsp3) is 0.839. The normalized spacial score (nSPS) is 42.0. The van der Waals surface area contributed by atoms with E-state index in [1.54, 1.807) is 0 Å². The Morgan fingerprint density at radius 3 is 2.33 bits per heavy atom. The van der Waals surface area contributed by atoms with E-state index in [1.165, 1.54) is 18.4 Å². The first kappa shape index (κ1) is 26.0. The average molecular weight is 499 g/mol. The van der Waals surface area contributed by atoms with Crippen molar-refractivity contribution >= 4 is 17.7 Å². The summed E-state index contributed by atoms with van der Waals surface area (Å²) in [6, 6.07) is 0. The van der Waals surface area contributed by atoms with Gasteiger partial charge in [-0.25, -0.2) is 0 Å². The molecule has 0 aromatic heterocycles. The van der Waals surface area contributed by atoms with Gasteiger partial charge in [0.25, 0.3) is 0 Å². The molecule has 36 heavy (non-hydrogen) atoms. The van der Waals surface area contributed by atoms with Gasteiger partial charge in [0.1, 0.15) is 6.10 Å². The fourth-order valence-corrected chi connectivity index (χ4v) is 8.94. The molecule has 5 aliphatic carbocycles. The second kappa shape index (κ2) is 10.3. The van der Waals surface area contributed by atoms with Gasteiger partial charge >= 0.3 is 11.9 Å². The molecule has 0 aromatic carbocycles. The van der Waals surface area contributed by atoms with Gasteiger partial charge in [0, 0.05) is 11.8 Å².